The predicted molar refractivity (Wildman–Crippen MR) is 122 cm³/mol. The highest BCUT2D eigenvalue weighted by molar-refractivity contribution is 5.33. The summed E-state index contributed by atoms with van der Waals surface area (Å²) >= 11 is 0. The number of hydrogen-bond acceptors (Lipinski definition) is 3. The van der Waals surface area contributed by atoms with Gasteiger partial charge in [0.15, 0.2) is 11.6 Å². The topological polar surface area (TPSA) is 27.7 Å². The van der Waals surface area contributed by atoms with Gasteiger partial charge in [-0.2, -0.15) is 4.39 Å². The zero-order valence-electron chi connectivity index (χ0n) is 19.8. The second-order valence-corrected chi connectivity index (χ2v) is 10.1. The zero-order chi connectivity index (χ0) is 22.5. The maximum Gasteiger partial charge on any atom is 0.200 e. The van der Waals surface area contributed by atoms with Crippen LogP contribution in [0.1, 0.15) is 89.5 Å². The van der Waals surface area contributed by atoms with Crippen LogP contribution in [-0.4, -0.2) is 32.0 Å². The van der Waals surface area contributed by atoms with Crippen LogP contribution in [0.15, 0.2) is 12.1 Å². The summed E-state index contributed by atoms with van der Waals surface area (Å²) in [6.07, 6.45) is 12.5. The molecule has 3 aliphatic rings. The summed E-state index contributed by atoms with van der Waals surface area (Å²) in [5.74, 6) is 0.303. The van der Waals surface area contributed by atoms with Crippen molar-refractivity contribution in [3.05, 3.63) is 29.3 Å². The number of ether oxygens (including phenoxy) is 3. The van der Waals surface area contributed by atoms with Gasteiger partial charge in [-0.05, 0) is 94.1 Å². The number of benzene rings is 1. The van der Waals surface area contributed by atoms with Gasteiger partial charge in [-0.15, -0.1) is 0 Å². The van der Waals surface area contributed by atoms with Gasteiger partial charge in [-0.25, -0.2) is 4.39 Å². The standard InChI is InChI=1S/C27H40F2O3/c1-3-5-18-6-13-23(31-16-18)19-7-9-20(10-8-19)24-14-11-21(17-32-24)22-12-15-25(30-4-2)27(29)26(22)28/h12,15,18-21,23-24H,3-11,13-14,16-17H2,1-2H3. The van der Waals surface area contributed by atoms with Gasteiger partial charge in [0.2, 0.25) is 5.82 Å². The third-order valence-electron chi connectivity index (χ3n) is 8.10. The molecule has 0 aromatic heterocycles. The third-order valence-corrected chi connectivity index (χ3v) is 8.10. The van der Waals surface area contributed by atoms with Crippen molar-refractivity contribution in [3.8, 4) is 5.75 Å². The molecule has 0 N–H and O–H groups in total. The van der Waals surface area contributed by atoms with Gasteiger partial charge >= 0.3 is 0 Å². The van der Waals surface area contributed by atoms with E-state index in [1.807, 2.05) is 0 Å². The molecule has 3 fully saturated rings. The minimum Gasteiger partial charge on any atom is -0.491 e. The molecule has 180 valence electrons. The van der Waals surface area contributed by atoms with Gasteiger partial charge in [0.05, 0.1) is 25.4 Å². The van der Waals surface area contributed by atoms with E-state index in [0.29, 0.717) is 36.7 Å². The maximum absolute atomic E-state index is 14.6. The molecule has 3 nitrogen and oxygen atoms in total. The van der Waals surface area contributed by atoms with Crippen LogP contribution < -0.4 is 4.74 Å². The van der Waals surface area contributed by atoms with Crippen LogP contribution in [-0.2, 0) is 9.47 Å². The molecular weight excluding hydrogens is 410 g/mol. The second-order valence-electron chi connectivity index (χ2n) is 10.1. The molecule has 2 aliphatic heterocycles. The van der Waals surface area contributed by atoms with Crippen LogP contribution in [0.4, 0.5) is 8.78 Å². The molecule has 0 bridgehead atoms. The Morgan fingerprint density at radius 2 is 1.47 bits per heavy atom. The maximum atomic E-state index is 14.6. The Balaban J connectivity index is 1.23. The first kappa shape index (κ1) is 23.9. The fourth-order valence-corrected chi connectivity index (χ4v) is 6.24. The molecule has 1 aromatic carbocycles. The van der Waals surface area contributed by atoms with Gasteiger partial charge in [-0.3, -0.25) is 0 Å². The summed E-state index contributed by atoms with van der Waals surface area (Å²) in [6.45, 7) is 5.76. The molecule has 4 unspecified atom stereocenters. The summed E-state index contributed by atoms with van der Waals surface area (Å²) in [5.41, 5.74) is 0.420. The van der Waals surface area contributed by atoms with Crippen molar-refractivity contribution in [2.75, 3.05) is 19.8 Å². The summed E-state index contributed by atoms with van der Waals surface area (Å²) in [5, 5.41) is 0. The fraction of sp³-hybridized carbons (Fsp3) is 0.778. The highest BCUT2D eigenvalue weighted by Gasteiger charge is 2.36. The predicted octanol–water partition coefficient (Wildman–Crippen LogP) is 7.03. The van der Waals surface area contributed by atoms with Crippen molar-refractivity contribution in [2.24, 2.45) is 17.8 Å². The average Bonchev–Trinajstić information content (AvgIpc) is 2.83. The van der Waals surface area contributed by atoms with E-state index >= 15 is 0 Å². The molecule has 2 saturated heterocycles. The summed E-state index contributed by atoms with van der Waals surface area (Å²) in [4.78, 5) is 0. The van der Waals surface area contributed by atoms with Gasteiger partial charge < -0.3 is 14.2 Å². The SMILES string of the molecule is CCCC1CCC(C2CCC(C3CCC(c4ccc(OCC)c(F)c4F)CO3)CC2)OC1. The number of rotatable bonds is 7. The molecule has 4 atom stereocenters. The van der Waals surface area contributed by atoms with E-state index in [2.05, 4.69) is 6.92 Å². The minimum atomic E-state index is -0.879. The van der Waals surface area contributed by atoms with Crippen molar-refractivity contribution >= 4 is 0 Å². The number of hydrogen-bond donors (Lipinski definition) is 0. The molecule has 0 amide bonds. The minimum absolute atomic E-state index is 0.0112. The number of halogens is 2. The largest absolute Gasteiger partial charge is 0.491 e. The quantitative estimate of drug-likeness (QED) is 0.446. The average molecular weight is 451 g/mol. The highest BCUT2D eigenvalue weighted by Crippen LogP contribution is 2.41. The molecular formula is C27H40F2O3. The summed E-state index contributed by atoms with van der Waals surface area (Å²) in [6, 6.07) is 3.21. The van der Waals surface area contributed by atoms with Crippen molar-refractivity contribution in [2.45, 2.75) is 96.2 Å². The monoisotopic (exact) mass is 450 g/mol. The van der Waals surface area contributed by atoms with E-state index in [0.717, 1.165) is 25.4 Å². The van der Waals surface area contributed by atoms with Crippen molar-refractivity contribution in [1.82, 2.24) is 0 Å². The van der Waals surface area contributed by atoms with Crippen LogP contribution in [0.5, 0.6) is 5.75 Å². The smallest absolute Gasteiger partial charge is 0.200 e. The highest BCUT2D eigenvalue weighted by atomic mass is 19.2. The lowest BCUT2D eigenvalue weighted by Crippen LogP contribution is -2.38. The van der Waals surface area contributed by atoms with E-state index in [1.54, 1.807) is 19.1 Å². The summed E-state index contributed by atoms with van der Waals surface area (Å²) in [7, 11) is 0. The molecule has 1 saturated carbocycles. The lowest BCUT2D eigenvalue weighted by Gasteiger charge is -2.41. The molecule has 0 spiro atoms. The first-order chi connectivity index (χ1) is 15.6. The van der Waals surface area contributed by atoms with E-state index in [-0.39, 0.29) is 17.8 Å². The Morgan fingerprint density at radius 3 is 2.00 bits per heavy atom. The molecule has 1 aromatic rings. The summed E-state index contributed by atoms with van der Waals surface area (Å²) < 4.78 is 46.5. The zero-order valence-corrected chi connectivity index (χ0v) is 19.8. The van der Waals surface area contributed by atoms with Crippen molar-refractivity contribution in [3.63, 3.8) is 0 Å². The molecule has 2 heterocycles. The lowest BCUT2D eigenvalue weighted by atomic mass is 9.74. The Kier molecular flexibility index (Phi) is 8.44. The van der Waals surface area contributed by atoms with Crippen molar-refractivity contribution in [1.29, 1.82) is 0 Å². The molecule has 1 aliphatic carbocycles. The van der Waals surface area contributed by atoms with E-state index in [9.17, 15) is 8.78 Å². The van der Waals surface area contributed by atoms with E-state index in [4.69, 9.17) is 14.2 Å². The second kappa shape index (κ2) is 11.3. The van der Waals surface area contributed by atoms with Gasteiger partial charge in [0.25, 0.3) is 0 Å². The molecule has 0 radical (unpaired) electrons. The van der Waals surface area contributed by atoms with Crippen LogP contribution in [0, 0.1) is 29.4 Å². The van der Waals surface area contributed by atoms with Crippen LogP contribution in [0.3, 0.4) is 0 Å². The Hall–Kier alpha value is -1.20. The molecule has 32 heavy (non-hydrogen) atoms. The molecule has 5 heteroatoms. The van der Waals surface area contributed by atoms with Crippen molar-refractivity contribution < 1.29 is 23.0 Å². The normalized spacial score (nSPS) is 33.8. The fourth-order valence-electron chi connectivity index (χ4n) is 6.24. The van der Waals surface area contributed by atoms with E-state index in [1.165, 1.54) is 51.4 Å². The first-order valence-electron chi connectivity index (χ1n) is 12.9. The van der Waals surface area contributed by atoms with Gasteiger partial charge in [0.1, 0.15) is 0 Å². The van der Waals surface area contributed by atoms with Gasteiger partial charge in [0, 0.05) is 12.5 Å². The first-order valence-corrected chi connectivity index (χ1v) is 12.9. The Morgan fingerprint density at radius 1 is 0.812 bits per heavy atom. The molecule has 4 rings (SSSR count). The van der Waals surface area contributed by atoms with E-state index < -0.39 is 11.6 Å². The third kappa shape index (κ3) is 5.47. The van der Waals surface area contributed by atoms with Crippen LogP contribution >= 0.6 is 0 Å². The Labute approximate surface area is 192 Å². The van der Waals surface area contributed by atoms with Crippen LogP contribution in [0.2, 0.25) is 0 Å². The van der Waals surface area contributed by atoms with Gasteiger partial charge in [-0.1, -0.05) is 19.4 Å². The Bertz CT molecular complexity index is 716. The van der Waals surface area contributed by atoms with Crippen LogP contribution in [0.25, 0.3) is 0 Å². The lowest BCUT2D eigenvalue weighted by molar-refractivity contribution is -0.0770.